The lowest BCUT2D eigenvalue weighted by Crippen LogP contribution is -2.23. The summed E-state index contributed by atoms with van der Waals surface area (Å²) in [6, 6.07) is 8.10. The summed E-state index contributed by atoms with van der Waals surface area (Å²) in [5, 5.41) is 0. The van der Waals surface area contributed by atoms with Gasteiger partial charge in [-0.2, -0.15) is 0 Å². The average molecular weight is 272 g/mol. The maximum atomic E-state index is 5.76. The van der Waals surface area contributed by atoms with Gasteiger partial charge in [-0.05, 0) is 38.1 Å². The standard InChI is InChI=1S/C16H20N2O2/c1-11-7-9-17-15(19-11)13-3-5-14(6-4-13)16-18-10-8-12(2)20-16/h3-6,11-12H,7-10H2,1-2H3. The van der Waals surface area contributed by atoms with Gasteiger partial charge in [0.25, 0.3) is 0 Å². The van der Waals surface area contributed by atoms with Crippen LogP contribution >= 0.6 is 0 Å². The van der Waals surface area contributed by atoms with Crippen LogP contribution in [0.3, 0.4) is 0 Å². The number of ether oxygens (including phenoxy) is 2. The van der Waals surface area contributed by atoms with Gasteiger partial charge in [-0.25, -0.2) is 0 Å². The molecule has 0 saturated carbocycles. The molecule has 2 atom stereocenters. The van der Waals surface area contributed by atoms with E-state index >= 15 is 0 Å². The molecule has 0 fully saturated rings. The molecule has 106 valence electrons. The molecule has 0 bridgehead atoms. The predicted molar refractivity (Wildman–Crippen MR) is 79.6 cm³/mol. The van der Waals surface area contributed by atoms with Crippen molar-refractivity contribution in [2.45, 2.75) is 38.9 Å². The highest BCUT2D eigenvalue weighted by molar-refractivity contribution is 5.98. The zero-order valence-electron chi connectivity index (χ0n) is 12.0. The predicted octanol–water partition coefficient (Wildman–Crippen LogP) is 2.80. The van der Waals surface area contributed by atoms with Gasteiger partial charge in [0.2, 0.25) is 11.8 Å². The third-order valence-corrected chi connectivity index (χ3v) is 3.59. The molecule has 0 aliphatic carbocycles. The summed E-state index contributed by atoms with van der Waals surface area (Å²) in [7, 11) is 0. The van der Waals surface area contributed by atoms with E-state index in [9.17, 15) is 0 Å². The Morgan fingerprint density at radius 2 is 1.20 bits per heavy atom. The first-order valence-electron chi connectivity index (χ1n) is 7.25. The quantitative estimate of drug-likeness (QED) is 0.831. The molecule has 0 saturated heterocycles. The summed E-state index contributed by atoms with van der Waals surface area (Å²) in [6.07, 6.45) is 2.47. The van der Waals surface area contributed by atoms with Crippen LogP contribution in [0.15, 0.2) is 34.3 Å². The van der Waals surface area contributed by atoms with Crippen molar-refractivity contribution in [1.29, 1.82) is 0 Å². The fraction of sp³-hybridized carbons (Fsp3) is 0.500. The van der Waals surface area contributed by atoms with Crippen LogP contribution in [-0.2, 0) is 9.47 Å². The Kier molecular flexibility index (Phi) is 3.72. The summed E-state index contributed by atoms with van der Waals surface area (Å²) in [5.74, 6) is 1.49. The van der Waals surface area contributed by atoms with E-state index < -0.39 is 0 Å². The molecule has 2 heterocycles. The summed E-state index contributed by atoms with van der Waals surface area (Å²) in [5.41, 5.74) is 2.04. The van der Waals surface area contributed by atoms with Crippen molar-refractivity contribution in [2.75, 3.05) is 13.1 Å². The van der Waals surface area contributed by atoms with Crippen molar-refractivity contribution in [3.8, 4) is 0 Å². The first-order chi connectivity index (χ1) is 9.72. The van der Waals surface area contributed by atoms with Crippen LogP contribution < -0.4 is 0 Å². The zero-order chi connectivity index (χ0) is 13.9. The van der Waals surface area contributed by atoms with E-state index in [2.05, 4.69) is 23.8 Å². The highest BCUT2D eigenvalue weighted by Crippen LogP contribution is 2.16. The molecule has 0 N–H and O–H groups in total. The van der Waals surface area contributed by atoms with Gasteiger partial charge in [-0.15, -0.1) is 0 Å². The molecule has 1 aromatic carbocycles. The number of hydrogen-bond donors (Lipinski definition) is 0. The minimum absolute atomic E-state index is 0.245. The van der Waals surface area contributed by atoms with E-state index in [1.807, 2.05) is 24.3 Å². The van der Waals surface area contributed by atoms with Crippen molar-refractivity contribution in [3.63, 3.8) is 0 Å². The molecule has 0 radical (unpaired) electrons. The molecule has 4 nitrogen and oxygen atoms in total. The molecular formula is C16H20N2O2. The van der Waals surface area contributed by atoms with Gasteiger partial charge in [-0.3, -0.25) is 9.98 Å². The van der Waals surface area contributed by atoms with E-state index in [1.54, 1.807) is 0 Å². The summed E-state index contributed by atoms with van der Waals surface area (Å²) >= 11 is 0. The van der Waals surface area contributed by atoms with E-state index in [4.69, 9.17) is 9.47 Å². The fourth-order valence-corrected chi connectivity index (χ4v) is 2.34. The van der Waals surface area contributed by atoms with Gasteiger partial charge in [0.15, 0.2) is 0 Å². The molecule has 2 aliphatic rings. The highest BCUT2D eigenvalue weighted by Gasteiger charge is 2.17. The number of nitrogens with zero attached hydrogens (tertiary/aromatic N) is 2. The molecule has 2 unspecified atom stereocenters. The van der Waals surface area contributed by atoms with Crippen LogP contribution in [0.25, 0.3) is 0 Å². The molecule has 4 heteroatoms. The molecule has 0 amide bonds. The van der Waals surface area contributed by atoms with E-state index in [1.165, 1.54) is 0 Å². The Labute approximate surface area is 119 Å². The van der Waals surface area contributed by atoms with E-state index in [-0.39, 0.29) is 12.2 Å². The maximum absolute atomic E-state index is 5.76. The lowest BCUT2D eigenvalue weighted by Gasteiger charge is -2.22. The number of aliphatic imine (C=N–C) groups is 2. The third-order valence-electron chi connectivity index (χ3n) is 3.59. The number of benzene rings is 1. The van der Waals surface area contributed by atoms with Crippen LogP contribution in [-0.4, -0.2) is 37.1 Å². The number of hydrogen-bond acceptors (Lipinski definition) is 4. The zero-order valence-corrected chi connectivity index (χ0v) is 12.0. The summed E-state index contributed by atoms with van der Waals surface area (Å²) in [6.45, 7) is 5.83. The summed E-state index contributed by atoms with van der Waals surface area (Å²) in [4.78, 5) is 8.87. The Hall–Kier alpha value is -1.84. The molecule has 20 heavy (non-hydrogen) atoms. The minimum Gasteiger partial charge on any atom is -0.474 e. The Balaban J connectivity index is 1.78. The SMILES string of the molecule is CC1CCN=C(c2ccc(C3=NCCC(C)O3)cc2)O1. The maximum Gasteiger partial charge on any atom is 0.216 e. The lowest BCUT2D eigenvalue weighted by atomic mass is 10.1. The minimum atomic E-state index is 0.245. The van der Waals surface area contributed by atoms with Crippen molar-refractivity contribution >= 4 is 11.8 Å². The van der Waals surface area contributed by atoms with Crippen LogP contribution in [0.1, 0.15) is 37.8 Å². The molecular weight excluding hydrogens is 252 g/mol. The lowest BCUT2D eigenvalue weighted by molar-refractivity contribution is 0.185. The first-order valence-corrected chi connectivity index (χ1v) is 7.25. The molecule has 3 rings (SSSR count). The van der Waals surface area contributed by atoms with E-state index in [0.29, 0.717) is 0 Å². The van der Waals surface area contributed by atoms with Crippen LogP contribution in [0.2, 0.25) is 0 Å². The average Bonchev–Trinajstić information content (AvgIpc) is 2.47. The van der Waals surface area contributed by atoms with Crippen LogP contribution in [0, 0.1) is 0 Å². The second-order valence-corrected chi connectivity index (χ2v) is 5.39. The van der Waals surface area contributed by atoms with Gasteiger partial charge < -0.3 is 9.47 Å². The molecule has 2 aliphatic heterocycles. The Bertz CT molecular complexity index is 485. The van der Waals surface area contributed by atoms with Crippen molar-refractivity contribution in [3.05, 3.63) is 35.4 Å². The fourth-order valence-electron chi connectivity index (χ4n) is 2.34. The third kappa shape index (κ3) is 2.84. The van der Waals surface area contributed by atoms with Crippen molar-refractivity contribution in [1.82, 2.24) is 0 Å². The topological polar surface area (TPSA) is 43.2 Å². The van der Waals surface area contributed by atoms with Crippen LogP contribution in [0.5, 0.6) is 0 Å². The Morgan fingerprint density at radius 1 is 0.800 bits per heavy atom. The smallest absolute Gasteiger partial charge is 0.216 e. The van der Waals surface area contributed by atoms with Crippen molar-refractivity contribution < 1.29 is 9.47 Å². The second-order valence-electron chi connectivity index (χ2n) is 5.39. The van der Waals surface area contributed by atoms with Crippen LogP contribution in [0.4, 0.5) is 0 Å². The number of rotatable bonds is 2. The van der Waals surface area contributed by atoms with Gasteiger partial charge in [0, 0.05) is 37.1 Å². The molecule has 0 aromatic heterocycles. The molecule has 1 aromatic rings. The highest BCUT2D eigenvalue weighted by atomic mass is 16.5. The van der Waals surface area contributed by atoms with Gasteiger partial charge in [0.05, 0.1) is 12.2 Å². The van der Waals surface area contributed by atoms with Crippen molar-refractivity contribution in [2.24, 2.45) is 9.98 Å². The van der Waals surface area contributed by atoms with Gasteiger partial charge in [0.1, 0.15) is 0 Å². The Morgan fingerprint density at radius 3 is 1.55 bits per heavy atom. The second kappa shape index (κ2) is 5.65. The first kappa shape index (κ1) is 13.2. The van der Waals surface area contributed by atoms with Gasteiger partial charge in [-0.1, -0.05) is 0 Å². The van der Waals surface area contributed by atoms with E-state index in [0.717, 1.165) is 48.9 Å². The monoisotopic (exact) mass is 272 g/mol. The largest absolute Gasteiger partial charge is 0.474 e. The summed E-state index contributed by atoms with van der Waals surface area (Å²) < 4.78 is 11.5. The molecule has 0 spiro atoms. The normalized spacial score (nSPS) is 26.1. The van der Waals surface area contributed by atoms with Gasteiger partial charge >= 0.3 is 0 Å².